The summed E-state index contributed by atoms with van der Waals surface area (Å²) in [4.78, 5) is 22.7. The fourth-order valence-corrected chi connectivity index (χ4v) is 2.51. The zero-order valence-corrected chi connectivity index (χ0v) is 11.2. The maximum atomic E-state index is 14.6. The first kappa shape index (κ1) is 13.3. The Morgan fingerprint density at radius 3 is 2.43 bits per heavy atom. The van der Waals surface area contributed by atoms with E-state index in [1.54, 1.807) is 36.4 Å². The van der Waals surface area contributed by atoms with Crippen LogP contribution in [0.3, 0.4) is 0 Å². The first-order valence-electron chi connectivity index (χ1n) is 6.58. The molecule has 0 atom stereocenters. The summed E-state index contributed by atoms with van der Waals surface area (Å²) in [6.07, 6.45) is 0.472. The van der Waals surface area contributed by atoms with Crippen LogP contribution in [0.5, 0.6) is 0 Å². The SMILES string of the molecule is NC(=O)c1ccc(-c2ccc3c(c2F)CCNC3=O)cc1. The van der Waals surface area contributed by atoms with Gasteiger partial charge in [-0.1, -0.05) is 18.2 Å². The van der Waals surface area contributed by atoms with E-state index < -0.39 is 5.91 Å². The molecule has 0 unspecified atom stereocenters. The van der Waals surface area contributed by atoms with Gasteiger partial charge in [0.1, 0.15) is 5.82 Å². The summed E-state index contributed by atoms with van der Waals surface area (Å²) < 4.78 is 14.6. The van der Waals surface area contributed by atoms with Crippen LogP contribution in [0.2, 0.25) is 0 Å². The lowest BCUT2D eigenvalue weighted by Gasteiger charge is -2.18. The van der Waals surface area contributed by atoms with Crippen molar-refractivity contribution in [3.63, 3.8) is 0 Å². The van der Waals surface area contributed by atoms with E-state index in [1.807, 2.05) is 0 Å². The molecule has 0 radical (unpaired) electrons. The van der Waals surface area contributed by atoms with Crippen LogP contribution < -0.4 is 11.1 Å². The third-order valence-corrected chi connectivity index (χ3v) is 3.63. The van der Waals surface area contributed by atoms with Crippen LogP contribution in [0, 0.1) is 5.82 Å². The Bertz CT molecular complexity index is 739. The number of benzene rings is 2. The number of hydrogen-bond acceptors (Lipinski definition) is 2. The second-order valence-corrected chi connectivity index (χ2v) is 4.90. The van der Waals surface area contributed by atoms with E-state index in [1.165, 1.54) is 0 Å². The van der Waals surface area contributed by atoms with E-state index in [4.69, 9.17) is 5.73 Å². The van der Waals surface area contributed by atoms with Gasteiger partial charge in [0.05, 0.1) is 0 Å². The second kappa shape index (κ2) is 5.01. The van der Waals surface area contributed by atoms with Gasteiger partial charge in [-0.3, -0.25) is 9.59 Å². The van der Waals surface area contributed by atoms with Crippen LogP contribution in [0.15, 0.2) is 36.4 Å². The first-order valence-corrected chi connectivity index (χ1v) is 6.58. The van der Waals surface area contributed by atoms with Gasteiger partial charge in [-0.15, -0.1) is 0 Å². The molecule has 4 nitrogen and oxygen atoms in total. The smallest absolute Gasteiger partial charge is 0.251 e. The van der Waals surface area contributed by atoms with Gasteiger partial charge in [-0.05, 0) is 30.2 Å². The normalized spacial score (nSPS) is 13.5. The zero-order chi connectivity index (χ0) is 15.0. The molecule has 0 spiro atoms. The lowest BCUT2D eigenvalue weighted by molar-refractivity contribution is 0.0943. The summed E-state index contributed by atoms with van der Waals surface area (Å²) in [6, 6.07) is 9.62. The number of carbonyl (C=O) groups excluding carboxylic acids is 2. The Kier molecular flexibility index (Phi) is 3.17. The molecule has 3 N–H and O–H groups in total. The highest BCUT2D eigenvalue weighted by atomic mass is 19.1. The van der Waals surface area contributed by atoms with E-state index in [9.17, 15) is 14.0 Å². The minimum atomic E-state index is -0.524. The molecule has 1 aliphatic heterocycles. The van der Waals surface area contributed by atoms with Gasteiger partial charge in [0, 0.05) is 28.8 Å². The molecular weight excluding hydrogens is 271 g/mol. The number of halogens is 1. The van der Waals surface area contributed by atoms with Crippen molar-refractivity contribution in [2.75, 3.05) is 6.54 Å². The number of rotatable bonds is 2. The van der Waals surface area contributed by atoms with Crippen LogP contribution in [-0.2, 0) is 6.42 Å². The van der Waals surface area contributed by atoms with Gasteiger partial charge < -0.3 is 11.1 Å². The van der Waals surface area contributed by atoms with Crippen LogP contribution >= 0.6 is 0 Å². The van der Waals surface area contributed by atoms with Gasteiger partial charge in [0.15, 0.2) is 0 Å². The van der Waals surface area contributed by atoms with Crippen molar-refractivity contribution in [1.82, 2.24) is 5.32 Å². The highest BCUT2D eigenvalue weighted by molar-refractivity contribution is 5.97. The molecule has 2 amide bonds. The van der Waals surface area contributed by atoms with Crippen molar-refractivity contribution in [1.29, 1.82) is 0 Å². The third-order valence-electron chi connectivity index (χ3n) is 3.63. The van der Waals surface area contributed by atoms with Crippen molar-refractivity contribution in [2.45, 2.75) is 6.42 Å². The number of hydrogen-bond donors (Lipinski definition) is 2. The molecular formula is C16H13FN2O2. The monoisotopic (exact) mass is 284 g/mol. The Balaban J connectivity index is 2.07. The summed E-state index contributed by atoms with van der Waals surface area (Å²) in [7, 11) is 0. The molecule has 0 saturated carbocycles. The van der Waals surface area contributed by atoms with E-state index >= 15 is 0 Å². The number of nitrogens with one attached hydrogen (secondary N) is 1. The number of primary amides is 1. The maximum absolute atomic E-state index is 14.6. The molecule has 0 aliphatic carbocycles. The van der Waals surface area contributed by atoms with Crippen molar-refractivity contribution in [3.05, 3.63) is 58.9 Å². The Hall–Kier alpha value is -2.69. The molecule has 3 rings (SSSR count). The number of fused-ring (bicyclic) bond motifs is 1. The van der Waals surface area contributed by atoms with Gasteiger partial charge in [-0.25, -0.2) is 4.39 Å². The molecule has 1 heterocycles. The van der Waals surface area contributed by atoms with E-state index in [2.05, 4.69) is 5.32 Å². The predicted octanol–water partition coefficient (Wildman–Crippen LogP) is 1.88. The fraction of sp³-hybridized carbons (Fsp3) is 0.125. The van der Waals surface area contributed by atoms with Gasteiger partial charge in [0.2, 0.25) is 5.91 Å². The Labute approximate surface area is 120 Å². The minimum absolute atomic E-state index is 0.245. The van der Waals surface area contributed by atoms with Crippen LogP contribution in [-0.4, -0.2) is 18.4 Å². The van der Waals surface area contributed by atoms with E-state index in [0.717, 1.165) is 0 Å². The second-order valence-electron chi connectivity index (χ2n) is 4.90. The Morgan fingerprint density at radius 1 is 1.10 bits per heavy atom. The molecule has 0 aromatic heterocycles. The van der Waals surface area contributed by atoms with Gasteiger partial charge in [-0.2, -0.15) is 0 Å². The molecule has 0 saturated heterocycles. The summed E-state index contributed by atoms with van der Waals surface area (Å²) in [6.45, 7) is 0.437. The summed E-state index contributed by atoms with van der Waals surface area (Å²) in [5.74, 6) is -1.15. The van der Waals surface area contributed by atoms with Crippen LogP contribution in [0.25, 0.3) is 11.1 Å². The Morgan fingerprint density at radius 2 is 1.76 bits per heavy atom. The quantitative estimate of drug-likeness (QED) is 0.883. The molecule has 2 aromatic rings. The topological polar surface area (TPSA) is 72.2 Å². The first-order chi connectivity index (χ1) is 10.1. The van der Waals surface area contributed by atoms with Gasteiger partial charge in [0.25, 0.3) is 5.91 Å². The maximum Gasteiger partial charge on any atom is 0.251 e. The summed E-state index contributed by atoms with van der Waals surface area (Å²) in [5, 5.41) is 2.69. The third kappa shape index (κ3) is 2.27. The van der Waals surface area contributed by atoms with Crippen molar-refractivity contribution in [3.8, 4) is 11.1 Å². The molecule has 106 valence electrons. The van der Waals surface area contributed by atoms with E-state index in [-0.39, 0.29) is 11.7 Å². The zero-order valence-electron chi connectivity index (χ0n) is 11.2. The molecule has 21 heavy (non-hydrogen) atoms. The van der Waals surface area contributed by atoms with E-state index in [0.29, 0.717) is 40.8 Å². The minimum Gasteiger partial charge on any atom is -0.366 e. The largest absolute Gasteiger partial charge is 0.366 e. The highest BCUT2D eigenvalue weighted by Crippen LogP contribution is 2.29. The molecule has 1 aliphatic rings. The number of amides is 2. The van der Waals surface area contributed by atoms with Crippen molar-refractivity contribution < 1.29 is 14.0 Å². The molecule has 5 heteroatoms. The number of nitrogens with two attached hydrogens (primary N) is 1. The van der Waals surface area contributed by atoms with Crippen LogP contribution in [0.1, 0.15) is 26.3 Å². The van der Waals surface area contributed by atoms with Crippen LogP contribution in [0.4, 0.5) is 4.39 Å². The standard InChI is InChI=1S/C16H13FN2O2/c17-14-11(9-1-3-10(4-2-9)15(18)20)5-6-13-12(14)7-8-19-16(13)21/h1-6H,7-8H2,(H2,18,20)(H,19,21). The van der Waals surface area contributed by atoms with Crippen molar-refractivity contribution in [2.24, 2.45) is 5.73 Å². The highest BCUT2D eigenvalue weighted by Gasteiger charge is 2.22. The van der Waals surface area contributed by atoms with Crippen molar-refractivity contribution >= 4 is 11.8 Å². The average Bonchev–Trinajstić information content (AvgIpc) is 2.49. The number of carbonyl (C=O) groups is 2. The lowest BCUT2D eigenvalue weighted by atomic mass is 9.93. The average molecular weight is 284 g/mol. The molecule has 2 aromatic carbocycles. The lowest BCUT2D eigenvalue weighted by Crippen LogP contribution is -2.32. The summed E-state index contributed by atoms with van der Waals surface area (Å²) in [5.41, 5.74) is 7.44. The fourth-order valence-electron chi connectivity index (χ4n) is 2.51. The molecule has 0 fully saturated rings. The summed E-state index contributed by atoms with van der Waals surface area (Å²) >= 11 is 0. The molecule has 0 bridgehead atoms. The van der Waals surface area contributed by atoms with Gasteiger partial charge >= 0.3 is 0 Å². The predicted molar refractivity (Wildman–Crippen MR) is 76.4 cm³/mol.